The van der Waals surface area contributed by atoms with Crippen molar-refractivity contribution in [3.63, 3.8) is 0 Å². The summed E-state index contributed by atoms with van der Waals surface area (Å²) in [6, 6.07) is 9.15. The van der Waals surface area contributed by atoms with Crippen molar-refractivity contribution in [1.29, 1.82) is 0 Å². The Hall–Kier alpha value is -0.363. The van der Waals surface area contributed by atoms with E-state index in [0.717, 1.165) is 24.8 Å². The van der Waals surface area contributed by atoms with E-state index >= 15 is 0 Å². The van der Waals surface area contributed by atoms with E-state index in [1.165, 1.54) is 5.56 Å². The van der Waals surface area contributed by atoms with Crippen molar-refractivity contribution in [3.05, 3.63) is 29.8 Å². The Morgan fingerprint density at radius 1 is 1.20 bits per heavy atom. The molecule has 1 atom stereocenters. The van der Waals surface area contributed by atoms with Crippen molar-refractivity contribution in [2.24, 2.45) is 0 Å². The number of benzene rings is 1. The smallest absolute Gasteiger partial charge is 0.257 e. The molecule has 0 saturated heterocycles. The topological polar surface area (TPSA) is 27.7 Å². The Morgan fingerprint density at radius 3 is 2.60 bits per heavy atom. The van der Waals surface area contributed by atoms with E-state index in [0.29, 0.717) is 6.61 Å². The average Bonchev–Trinajstić information content (AvgIpc) is 2.35. The minimum Gasteiger partial charge on any atom is -0.455 e. The van der Waals surface area contributed by atoms with Gasteiger partial charge in [0, 0.05) is 21.8 Å². The average molecular weight is 361 g/mol. The minimum absolute atomic E-state index is 0.392. The molecule has 114 valence electrons. The van der Waals surface area contributed by atoms with Gasteiger partial charge >= 0.3 is 0 Å². The van der Waals surface area contributed by atoms with Gasteiger partial charge in [0.05, 0.1) is 6.61 Å². The maximum Gasteiger partial charge on any atom is 0.257 e. The molecule has 0 bridgehead atoms. The second-order valence-electron chi connectivity index (χ2n) is 5.96. The molecule has 0 N–H and O–H groups in total. The summed E-state index contributed by atoms with van der Waals surface area (Å²) < 4.78 is 16.4. The number of hydrogen-bond donors (Lipinski definition) is 0. The van der Waals surface area contributed by atoms with Gasteiger partial charge in [-0.3, -0.25) is 0 Å². The lowest BCUT2D eigenvalue weighted by Crippen LogP contribution is -2.24. The molecular formula is C15H25BrO3Si. The van der Waals surface area contributed by atoms with Crippen LogP contribution in [0.15, 0.2) is 24.3 Å². The molecule has 0 amide bonds. The second kappa shape index (κ2) is 8.82. The third kappa shape index (κ3) is 8.04. The molecule has 5 heteroatoms. The third-order valence-electron chi connectivity index (χ3n) is 2.82. The quantitative estimate of drug-likeness (QED) is 0.373. The lowest BCUT2D eigenvalue weighted by atomic mass is 10.1. The zero-order valence-corrected chi connectivity index (χ0v) is 15.4. The fraction of sp³-hybridized carbons (Fsp3) is 0.600. The number of rotatable bonds is 9. The van der Waals surface area contributed by atoms with Crippen LogP contribution < -0.4 is 4.74 Å². The predicted molar refractivity (Wildman–Crippen MR) is 89.5 cm³/mol. The monoisotopic (exact) mass is 360 g/mol. The van der Waals surface area contributed by atoms with Crippen LogP contribution in [0.1, 0.15) is 5.56 Å². The highest BCUT2D eigenvalue weighted by atomic mass is 79.9. The van der Waals surface area contributed by atoms with Crippen LogP contribution in [0.5, 0.6) is 5.75 Å². The molecule has 1 rings (SSSR count). The molecule has 1 unspecified atom stereocenters. The summed E-state index contributed by atoms with van der Waals surface area (Å²) in [7, 11) is 0.654. The summed E-state index contributed by atoms with van der Waals surface area (Å²) in [4.78, 5) is 0. The number of hydrogen-bond acceptors (Lipinski definition) is 3. The summed E-state index contributed by atoms with van der Waals surface area (Å²) in [5.41, 5.74) is 1.20. The first kappa shape index (κ1) is 17.7. The number of halogens is 1. The largest absolute Gasteiger partial charge is 0.455 e. The van der Waals surface area contributed by atoms with Gasteiger partial charge in [-0.05, 0) is 46.1 Å². The van der Waals surface area contributed by atoms with Crippen LogP contribution in [-0.2, 0) is 15.9 Å². The van der Waals surface area contributed by atoms with E-state index < -0.39 is 13.3 Å². The van der Waals surface area contributed by atoms with Gasteiger partial charge in [-0.25, -0.2) is 0 Å². The highest BCUT2D eigenvalue weighted by Gasteiger charge is 2.14. The predicted octanol–water partition coefficient (Wildman–Crippen LogP) is 4.29. The second-order valence-corrected chi connectivity index (χ2v) is 12.3. The highest BCUT2D eigenvalue weighted by Crippen LogP contribution is 2.19. The minimum atomic E-state index is -1.06. The van der Waals surface area contributed by atoms with Crippen molar-refractivity contribution in [2.75, 3.05) is 20.3 Å². The summed E-state index contributed by atoms with van der Waals surface area (Å²) >= 11 is 3.41. The molecule has 0 radical (unpaired) electrons. The maximum absolute atomic E-state index is 5.72. The Balaban J connectivity index is 2.39. The van der Waals surface area contributed by atoms with E-state index in [4.69, 9.17) is 14.2 Å². The molecule has 0 fully saturated rings. The normalized spacial score (nSPS) is 13.2. The summed E-state index contributed by atoms with van der Waals surface area (Å²) in [6.07, 6.45) is 0.886. The zero-order valence-electron chi connectivity index (χ0n) is 12.8. The molecule has 1 aromatic rings. The van der Waals surface area contributed by atoms with Crippen LogP contribution in [0.3, 0.4) is 0 Å². The Bertz CT molecular complexity index is 393. The third-order valence-corrected chi connectivity index (χ3v) is 4.98. The molecule has 1 aromatic carbocycles. The molecule has 3 nitrogen and oxygen atoms in total. The van der Waals surface area contributed by atoms with Gasteiger partial charge in [0.15, 0.2) is 0 Å². The van der Waals surface area contributed by atoms with Gasteiger partial charge in [-0.1, -0.05) is 31.8 Å². The van der Waals surface area contributed by atoms with Crippen LogP contribution in [-0.4, -0.2) is 33.6 Å². The van der Waals surface area contributed by atoms with E-state index in [1.54, 1.807) is 7.11 Å². The first-order valence-electron chi connectivity index (χ1n) is 6.91. The maximum atomic E-state index is 5.72. The fourth-order valence-electron chi connectivity index (χ4n) is 1.59. The molecule has 20 heavy (non-hydrogen) atoms. The van der Waals surface area contributed by atoms with Gasteiger partial charge in [0.1, 0.15) is 5.75 Å². The van der Waals surface area contributed by atoms with E-state index in [9.17, 15) is 0 Å². The highest BCUT2D eigenvalue weighted by molar-refractivity contribution is 9.09. The molecule has 0 saturated carbocycles. The Kier molecular flexibility index (Phi) is 7.80. The Morgan fingerprint density at radius 2 is 1.95 bits per heavy atom. The summed E-state index contributed by atoms with van der Waals surface area (Å²) in [6.45, 7) is 8.45. The van der Waals surface area contributed by atoms with E-state index in [-0.39, 0.29) is 0 Å². The van der Waals surface area contributed by atoms with E-state index in [2.05, 4.69) is 41.6 Å². The van der Waals surface area contributed by atoms with Crippen molar-refractivity contribution < 1.29 is 14.2 Å². The van der Waals surface area contributed by atoms with Crippen LogP contribution in [0.25, 0.3) is 0 Å². The van der Waals surface area contributed by atoms with Gasteiger partial charge in [-0.2, -0.15) is 0 Å². The van der Waals surface area contributed by atoms with Crippen molar-refractivity contribution >= 4 is 24.0 Å². The van der Waals surface area contributed by atoms with Gasteiger partial charge < -0.3 is 14.2 Å². The van der Waals surface area contributed by atoms with Crippen LogP contribution in [0, 0.1) is 0 Å². The standard InChI is InChI=1S/C15H25BrO3Si/c1-17-9-8-13-6-5-7-14(12-13)19-15(16)18-10-11-20(2,3)4/h5-7,12,15H,8-11H2,1-4H3. The van der Waals surface area contributed by atoms with Crippen molar-refractivity contribution in [2.45, 2.75) is 37.3 Å². The van der Waals surface area contributed by atoms with Gasteiger partial charge in [-0.15, -0.1) is 0 Å². The SMILES string of the molecule is COCCc1cccc(OC(Br)OCC[Si](C)(C)C)c1. The number of methoxy groups -OCH3 is 1. The van der Waals surface area contributed by atoms with Crippen LogP contribution >= 0.6 is 15.9 Å². The molecule has 0 spiro atoms. The number of ether oxygens (including phenoxy) is 3. The van der Waals surface area contributed by atoms with Crippen LogP contribution in [0.4, 0.5) is 0 Å². The molecule has 0 heterocycles. The van der Waals surface area contributed by atoms with Crippen molar-refractivity contribution in [1.82, 2.24) is 0 Å². The molecule has 0 aliphatic heterocycles. The number of alkyl halides is 1. The van der Waals surface area contributed by atoms with Crippen LogP contribution in [0.2, 0.25) is 25.7 Å². The lowest BCUT2D eigenvalue weighted by Gasteiger charge is -2.18. The van der Waals surface area contributed by atoms with Gasteiger partial charge in [0.2, 0.25) is 0 Å². The van der Waals surface area contributed by atoms with E-state index in [1.807, 2.05) is 18.2 Å². The fourth-order valence-corrected chi connectivity index (χ4v) is 2.73. The molecule has 0 aromatic heterocycles. The zero-order chi connectivity index (χ0) is 15.0. The molecule has 0 aliphatic carbocycles. The Labute approximate surface area is 131 Å². The van der Waals surface area contributed by atoms with Crippen molar-refractivity contribution in [3.8, 4) is 5.75 Å². The first-order chi connectivity index (χ1) is 9.40. The first-order valence-corrected chi connectivity index (χ1v) is 11.5. The van der Waals surface area contributed by atoms with Gasteiger partial charge in [0.25, 0.3) is 5.20 Å². The molecular weight excluding hydrogens is 336 g/mol. The summed E-state index contributed by atoms with van der Waals surface area (Å²) in [5.74, 6) is 0.813. The lowest BCUT2D eigenvalue weighted by molar-refractivity contribution is -0.00319. The molecule has 0 aliphatic rings. The summed E-state index contributed by atoms with van der Waals surface area (Å²) in [5, 5.41) is -0.392.